The predicted molar refractivity (Wildman–Crippen MR) is 108 cm³/mol. The van der Waals surface area contributed by atoms with E-state index in [0.29, 0.717) is 33.9 Å². The molecule has 0 saturated carbocycles. The van der Waals surface area contributed by atoms with E-state index in [0.717, 1.165) is 11.5 Å². The first-order chi connectivity index (χ1) is 14.0. The van der Waals surface area contributed by atoms with E-state index in [-0.39, 0.29) is 31.0 Å². The monoisotopic (exact) mass is 434 g/mol. The zero-order chi connectivity index (χ0) is 20.5. The molecule has 2 amide bonds. The summed E-state index contributed by atoms with van der Waals surface area (Å²) in [5.41, 5.74) is 0. The number of benzene rings is 1. The Morgan fingerprint density at radius 2 is 2.10 bits per heavy atom. The Labute approximate surface area is 176 Å². The molecule has 1 aromatic heterocycles. The van der Waals surface area contributed by atoms with Gasteiger partial charge in [-0.1, -0.05) is 23.7 Å². The molecule has 0 radical (unpaired) electrons. The van der Waals surface area contributed by atoms with E-state index in [1.54, 1.807) is 36.3 Å². The van der Waals surface area contributed by atoms with E-state index in [1.165, 1.54) is 11.0 Å². The summed E-state index contributed by atoms with van der Waals surface area (Å²) in [5.74, 6) is 1.04. The second kappa shape index (κ2) is 8.10. The fourth-order valence-corrected chi connectivity index (χ4v) is 4.45. The maximum Gasteiger partial charge on any atom is 0.251 e. The fraction of sp³-hybridized carbons (Fsp3) is 0.368. The predicted octanol–water partition coefficient (Wildman–Crippen LogP) is 2.64. The Morgan fingerprint density at radius 1 is 1.31 bits per heavy atom. The summed E-state index contributed by atoms with van der Waals surface area (Å²) >= 11 is 7.28. The summed E-state index contributed by atoms with van der Waals surface area (Å²) in [4.78, 5) is 33.2. The van der Waals surface area contributed by atoms with Gasteiger partial charge < -0.3 is 14.4 Å². The van der Waals surface area contributed by atoms with Crippen LogP contribution in [-0.4, -0.2) is 51.8 Å². The average Bonchev–Trinajstić information content (AvgIpc) is 3.35. The molecule has 0 aliphatic carbocycles. The minimum Gasteiger partial charge on any atom is -0.458 e. The lowest BCUT2D eigenvalue weighted by atomic mass is 10.1. The molecule has 29 heavy (non-hydrogen) atoms. The van der Waals surface area contributed by atoms with Gasteiger partial charge in [-0.05, 0) is 25.5 Å². The minimum atomic E-state index is -0.573. The number of nitrogens with zero attached hydrogens (tertiary/aromatic N) is 4. The van der Waals surface area contributed by atoms with Crippen molar-refractivity contribution in [1.29, 1.82) is 0 Å². The van der Waals surface area contributed by atoms with Crippen molar-refractivity contribution in [3.63, 3.8) is 0 Å². The lowest BCUT2D eigenvalue weighted by Gasteiger charge is -2.23. The molecule has 2 atom stereocenters. The number of halogens is 1. The van der Waals surface area contributed by atoms with E-state index < -0.39 is 6.04 Å². The van der Waals surface area contributed by atoms with Crippen molar-refractivity contribution in [1.82, 2.24) is 14.3 Å². The number of amides is 2. The number of carbonyl (C=O) groups is 2. The van der Waals surface area contributed by atoms with Gasteiger partial charge in [-0.2, -0.15) is 4.37 Å². The van der Waals surface area contributed by atoms with Gasteiger partial charge in [0, 0.05) is 30.8 Å². The first-order valence-corrected chi connectivity index (χ1v) is 10.2. The van der Waals surface area contributed by atoms with Crippen molar-refractivity contribution in [2.45, 2.75) is 32.0 Å². The molecule has 2 aliphatic heterocycles. The molecule has 2 aliphatic rings. The van der Waals surface area contributed by atoms with Gasteiger partial charge in [-0.3, -0.25) is 14.5 Å². The summed E-state index contributed by atoms with van der Waals surface area (Å²) in [7, 11) is 1.56. The van der Waals surface area contributed by atoms with E-state index in [9.17, 15) is 9.59 Å². The van der Waals surface area contributed by atoms with Crippen LogP contribution in [0.5, 0.6) is 5.75 Å². The van der Waals surface area contributed by atoms with Crippen LogP contribution in [-0.2, 0) is 20.9 Å². The Kier molecular flexibility index (Phi) is 5.53. The maximum absolute atomic E-state index is 13.1. The van der Waals surface area contributed by atoms with Crippen LogP contribution >= 0.6 is 23.1 Å². The highest BCUT2D eigenvalue weighted by atomic mass is 35.5. The van der Waals surface area contributed by atoms with Gasteiger partial charge in [-0.25, -0.2) is 4.98 Å². The summed E-state index contributed by atoms with van der Waals surface area (Å²) in [6.45, 7) is 2.43. The molecule has 1 unspecified atom stereocenters. The summed E-state index contributed by atoms with van der Waals surface area (Å²) in [6, 6.07) is 6.37. The van der Waals surface area contributed by atoms with Crippen molar-refractivity contribution < 1.29 is 19.1 Å². The van der Waals surface area contributed by atoms with Gasteiger partial charge in [-0.15, -0.1) is 0 Å². The van der Waals surface area contributed by atoms with Crippen molar-refractivity contribution in [2.24, 2.45) is 0 Å². The zero-order valence-corrected chi connectivity index (χ0v) is 17.4. The molecule has 1 saturated heterocycles. The Bertz CT molecular complexity index is 979. The lowest BCUT2D eigenvalue weighted by Crippen LogP contribution is -2.43. The second-order valence-electron chi connectivity index (χ2n) is 6.84. The van der Waals surface area contributed by atoms with Crippen LogP contribution in [0.15, 0.2) is 36.1 Å². The number of rotatable bonds is 6. The summed E-state index contributed by atoms with van der Waals surface area (Å²) < 4.78 is 15.0. The largest absolute Gasteiger partial charge is 0.458 e. The average molecular weight is 435 g/mol. The molecule has 0 bridgehead atoms. The van der Waals surface area contributed by atoms with E-state index in [1.807, 2.05) is 6.92 Å². The molecule has 0 spiro atoms. The van der Waals surface area contributed by atoms with Crippen LogP contribution in [0, 0.1) is 0 Å². The van der Waals surface area contributed by atoms with Gasteiger partial charge in [0.2, 0.25) is 5.13 Å². The van der Waals surface area contributed by atoms with Crippen molar-refractivity contribution in [3.8, 4) is 5.75 Å². The van der Waals surface area contributed by atoms with Gasteiger partial charge in [0.15, 0.2) is 5.82 Å². The van der Waals surface area contributed by atoms with Crippen LogP contribution < -0.4 is 9.64 Å². The zero-order valence-electron chi connectivity index (χ0n) is 15.9. The third kappa shape index (κ3) is 3.85. The fourth-order valence-electron chi connectivity index (χ4n) is 3.49. The third-order valence-electron chi connectivity index (χ3n) is 4.81. The van der Waals surface area contributed by atoms with E-state index in [4.69, 9.17) is 21.1 Å². The summed E-state index contributed by atoms with van der Waals surface area (Å²) in [6.07, 6.45) is 1.92. The topological polar surface area (TPSA) is 84.9 Å². The Morgan fingerprint density at radius 3 is 2.86 bits per heavy atom. The molecule has 152 valence electrons. The van der Waals surface area contributed by atoms with Crippen molar-refractivity contribution in [3.05, 3.63) is 46.9 Å². The Hall–Kier alpha value is -2.49. The number of para-hydroxylation sites is 1. The first-order valence-electron chi connectivity index (χ1n) is 9.06. The van der Waals surface area contributed by atoms with Crippen molar-refractivity contribution in [2.75, 3.05) is 18.6 Å². The summed E-state index contributed by atoms with van der Waals surface area (Å²) in [5, 5.41) is 0.975. The SMILES string of the molecule is COCc1nsc(N2C(=O)[C@@H](N3CC(Oc4ccccc4Cl)=CC3=O)CC2C)n1. The van der Waals surface area contributed by atoms with Crippen LogP contribution in [0.2, 0.25) is 5.02 Å². The molecule has 8 nitrogen and oxygen atoms in total. The normalized spacial score (nSPS) is 21.8. The molecule has 4 rings (SSSR count). The smallest absolute Gasteiger partial charge is 0.251 e. The molecule has 3 heterocycles. The van der Waals surface area contributed by atoms with Crippen LogP contribution in [0.25, 0.3) is 0 Å². The third-order valence-corrected chi connectivity index (χ3v) is 5.88. The molecular weight excluding hydrogens is 416 g/mol. The van der Waals surface area contributed by atoms with Crippen molar-refractivity contribution >= 4 is 40.1 Å². The minimum absolute atomic E-state index is 0.0998. The van der Waals surface area contributed by atoms with Gasteiger partial charge in [0.05, 0.1) is 11.6 Å². The lowest BCUT2D eigenvalue weighted by molar-refractivity contribution is -0.133. The van der Waals surface area contributed by atoms with E-state index >= 15 is 0 Å². The first kappa shape index (κ1) is 19.8. The molecular formula is C19H19ClN4O4S. The second-order valence-corrected chi connectivity index (χ2v) is 7.98. The number of hydrogen-bond donors (Lipinski definition) is 0. The molecule has 1 fully saturated rings. The molecule has 10 heteroatoms. The number of carbonyl (C=O) groups excluding carboxylic acids is 2. The van der Waals surface area contributed by atoms with Gasteiger partial charge >= 0.3 is 0 Å². The highest BCUT2D eigenvalue weighted by molar-refractivity contribution is 7.10. The Balaban J connectivity index is 1.47. The number of hydrogen-bond acceptors (Lipinski definition) is 7. The van der Waals surface area contributed by atoms with E-state index in [2.05, 4.69) is 9.36 Å². The van der Waals surface area contributed by atoms with Crippen LogP contribution in [0.3, 0.4) is 0 Å². The highest BCUT2D eigenvalue weighted by Gasteiger charge is 2.45. The quantitative estimate of drug-likeness (QED) is 0.694. The van der Waals surface area contributed by atoms with Crippen LogP contribution in [0.1, 0.15) is 19.2 Å². The molecule has 1 aromatic carbocycles. The standard InChI is InChI=1S/C19H19ClN4O4S/c1-11-7-14(18(26)24(11)19-21-16(10-27-2)22-29-19)23-9-12(8-17(23)25)28-15-6-4-3-5-13(15)20/h3-6,8,11,14H,7,9-10H2,1-2H3/t11?,14-/m0/s1. The molecule has 0 N–H and O–H groups in total. The highest BCUT2D eigenvalue weighted by Crippen LogP contribution is 2.33. The number of ether oxygens (including phenoxy) is 2. The number of methoxy groups -OCH3 is 1. The molecule has 2 aromatic rings. The number of aromatic nitrogens is 2. The number of anilines is 1. The van der Waals surface area contributed by atoms with Gasteiger partial charge in [0.25, 0.3) is 11.8 Å². The van der Waals surface area contributed by atoms with Gasteiger partial charge in [0.1, 0.15) is 24.2 Å². The van der Waals surface area contributed by atoms with Crippen LogP contribution in [0.4, 0.5) is 5.13 Å². The maximum atomic E-state index is 13.1.